The summed E-state index contributed by atoms with van der Waals surface area (Å²) in [6, 6.07) is 2.41. The van der Waals surface area contributed by atoms with Crippen LogP contribution in [0, 0.1) is 0 Å². The number of halogens is 3. The zero-order valence-electron chi connectivity index (χ0n) is 11.1. The first-order chi connectivity index (χ1) is 9.09. The number of nitrogens with one attached hydrogen (secondary N) is 1. The van der Waals surface area contributed by atoms with E-state index in [1.165, 1.54) is 22.9 Å². The van der Waals surface area contributed by atoms with Crippen LogP contribution in [0.25, 0.3) is 0 Å². The highest BCUT2D eigenvalue weighted by Gasteiger charge is 2.53. The number of aryl methyl sites for hydroxylation is 1. The second-order valence-corrected chi connectivity index (χ2v) is 4.60. The summed E-state index contributed by atoms with van der Waals surface area (Å²) in [7, 11) is 0. The van der Waals surface area contributed by atoms with Gasteiger partial charge in [0.1, 0.15) is 0 Å². The number of alkyl halides is 3. The molecule has 0 aliphatic rings. The Bertz CT molecular complexity index is 550. The van der Waals surface area contributed by atoms with E-state index >= 15 is 0 Å². The number of carbonyl (C=O) groups is 1. The van der Waals surface area contributed by atoms with Crippen LogP contribution in [0.4, 0.5) is 18.9 Å². The van der Waals surface area contributed by atoms with Crippen molar-refractivity contribution in [2.45, 2.75) is 38.5 Å². The number of nitrogens with zero attached hydrogens (tertiary/aromatic N) is 1. The van der Waals surface area contributed by atoms with Crippen molar-refractivity contribution < 1.29 is 18.0 Å². The fraction of sp³-hybridized carbons (Fsp3) is 0.500. The first-order valence-corrected chi connectivity index (χ1v) is 5.97. The highest BCUT2D eigenvalue weighted by molar-refractivity contribution is 5.98. The van der Waals surface area contributed by atoms with Gasteiger partial charge in [-0.25, -0.2) is 0 Å². The van der Waals surface area contributed by atoms with Crippen LogP contribution in [0.3, 0.4) is 0 Å². The molecule has 0 aromatic carbocycles. The Hall–Kier alpha value is -1.83. The third-order valence-electron chi connectivity index (χ3n) is 2.77. The molecule has 8 heteroatoms. The second-order valence-electron chi connectivity index (χ2n) is 4.60. The van der Waals surface area contributed by atoms with Gasteiger partial charge < -0.3 is 15.6 Å². The molecule has 1 atom stereocenters. The van der Waals surface area contributed by atoms with Crippen LogP contribution >= 0.6 is 0 Å². The van der Waals surface area contributed by atoms with Crippen molar-refractivity contribution in [3.05, 3.63) is 28.7 Å². The third-order valence-corrected chi connectivity index (χ3v) is 2.77. The molecule has 0 fully saturated rings. The van der Waals surface area contributed by atoms with Gasteiger partial charge in [0.25, 0.3) is 11.5 Å². The summed E-state index contributed by atoms with van der Waals surface area (Å²) < 4.78 is 39.1. The number of anilines is 1. The average molecular weight is 291 g/mol. The van der Waals surface area contributed by atoms with E-state index in [1.807, 2.05) is 6.92 Å². The Morgan fingerprint density at radius 1 is 1.40 bits per heavy atom. The molecule has 1 aromatic heterocycles. The predicted molar refractivity (Wildman–Crippen MR) is 68.3 cm³/mol. The molecule has 0 bridgehead atoms. The molecule has 0 aliphatic carbocycles. The maximum atomic E-state index is 12.6. The van der Waals surface area contributed by atoms with Crippen molar-refractivity contribution in [2.24, 2.45) is 5.73 Å². The fourth-order valence-electron chi connectivity index (χ4n) is 1.41. The SMILES string of the molecule is CCCn1cc(NC(=O)C(C)(N)C(F)(F)F)ccc1=O. The van der Waals surface area contributed by atoms with Crippen LogP contribution in [0.1, 0.15) is 20.3 Å². The van der Waals surface area contributed by atoms with E-state index in [0.717, 1.165) is 0 Å². The van der Waals surface area contributed by atoms with Gasteiger partial charge in [0.2, 0.25) is 0 Å². The quantitative estimate of drug-likeness (QED) is 0.882. The highest BCUT2D eigenvalue weighted by atomic mass is 19.4. The van der Waals surface area contributed by atoms with Gasteiger partial charge >= 0.3 is 6.18 Å². The molecule has 0 spiro atoms. The number of carbonyl (C=O) groups excluding carboxylic acids is 1. The zero-order chi connectivity index (χ0) is 15.6. The van der Waals surface area contributed by atoms with Crippen LogP contribution in [0.5, 0.6) is 0 Å². The van der Waals surface area contributed by atoms with E-state index in [2.05, 4.69) is 5.32 Å². The number of rotatable bonds is 4. The normalized spacial score (nSPS) is 14.7. The predicted octanol–water partition coefficient (Wildman–Crippen LogP) is 1.48. The third kappa shape index (κ3) is 3.38. The molecule has 1 heterocycles. The summed E-state index contributed by atoms with van der Waals surface area (Å²) in [5.74, 6) is -1.38. The van der Waals surface area contributed by atoms with Crippen molar-refractivity contribution in [1.82, 2.24) is 4.57 Å². The molecule has 5 nitrogen and oxygen atoms in total. The monoisotopic (exact) mass is 291 g/mol. The van der Waals surface area contributed by atoms with E-state index in [1.54, 1.807) is 0 Å². The maximum Gasteiger partial charge on any atom is 0.415 e. The van der Waals surface area contributed by atoms with Crippen LogP contribution in [0.15, 0.2) is 23.1 Å². The summed E-state index contributed by atoms with van der Waals surface area (Å²) in [5, 5.41) is 2.07. The number of amides is 1. The summed E-state index contributed by atoms with van der Waals surface area (Å²) in [5.41, 5.74) is 1.80. The van der Waals surface area contributed by atoms with Gasteiger partial charge in [-0.1, -0.05) is 6.92 Å². The molecule has 1 unspecified atom stereocenters. The molecule has 1 rings (SSSR count). The average Bonchev–Trinajstić information content (AvgIpc) is 2.32. The summed E-state index contributed by atoms with van der Waals surface area (Å²) in [4.78, 5) is 23.0. The number of hydrogen-bond donors (Lipinski definition) is 2. The summed E-state index contributed by atoms with van der Waals surface area (Å²) in [6.45, 7) is 2.84. The first-order valence-electron chi connectivity index (χ1n) is 5.97. The fourth-order valence-corrected chi connectivity index (χ4v) is 1.41. The van der Waals surface area contributed by atoms with Gasteiger partial charge in [-0.3, -0.25) is 9.59 Å². The minimum absolute atomic E-state index is 0.0870. The molecule has 0 saturated carbocycles. The van der Waals surface area contributed by atoms with Gasteiger partial charge in [0, 0.05) is 18.8 Å². The number of nitrogens with two attached hydrogens (primary N) is 1. The Morgan fingerprint density at radius 2 is 2.00 bits per heavy atom. The minimum Gasteiger partial charge on any atom is -0.323 e. The Morgan fingerprint density at radius 3 is 2.50 bits per heavy atom. The molecule has 3 N–H and O–H groups in total. The first kappa shape index (κ1) is 16.2. The Balaban J connectivity index is 2.97. The van der Waals surface area contributed by atoms with Crippen LogP contribution < -0.4 is 16.6 Å². The molecule has 0 saturated heterocycles. The molecule has 112 valence electrons. The van der Waals surface area contributed by atoms with Crippen molar-refractivity contribution >= 4 is 11.6 Å². The Kier molecular flexibility index (Phi) is 4.59. The van der Waals surface area contributed by atoms with Gasteiger partial charge in [0.05, 0.1) is 5.69 Å². The van der Waals surface area contributed by atoms with Gasteiger partial charge in [-0.2, -0.15) is 13.2 Å². The largest absolute Gasteiger partial charge is 0.415 e. The lowest BCUT2D eigenvalue weighted by Gasteiger charge is -2.26. The standard InChI is InChI=1S/C12H16F3N3O2/c1-3-6-18-7-8(4-5-9(18)19)17-10(20)11(2,16)12(13,14)15/h4-5,7H,3,6,16H2,1-2H3,(H,17,20). The van der Waals surface area contributed by atoms with Crippen LogP contribution in [-0.2, 0) is 11.3 Å². The lowest BCUT2D eigenvalue weighted by atomic mass is 10.0. The van der Waals surface area contributed by atoms with E-state index in [0.29, 0.717) is 19.9 Å². The second kappa shape index (κ2) is 5.66. The lowest BCUT2D eigenvalue weighted by Crippen LogP contribution is -2.59. The lowest BCUT2D eigenvalue weighted by molar-refractivity contribution is -0.184. The molecule has 1 aromatic rings. The molecule has 1 amide bonds. The zero-order valence-corrected chi connectivity index (χ0v) is 11.1. The van der Waals surface area contributed by atoms with E-state index in [4.69, 9.17) is 5.73 Å². The van der Waals surface area contributed by atoms with Crippen molar-refractivity contribution in [3.63, 3.8) is 0 Å². The van der Waals surface area contributed by atoms with Gasteiger partial charge in [0.15, 0.2) is 5.54 Å². The number of hydrogen-bond acceptors (Lipinski definition) is 3. The van der Waals surface area contributed by atoms with Crippen LogP contribution in [-0.4, -0.2) is 22.2 Å². The van der Waals surface area contributed by atoms with E-state index in [9.17, 15) is 22.8 Å². The molecule has 0 radical (unpaired) electrons. The van der Waals surface area contributed by atoms with Crippen molar-refractivity contribution in [3.8, 4) is 0 Å². The van der Waals surface area contributed by atoms with Crippen LogP contribution in [0.2, 0.25) is 0 Å². The molecule has 0 aliphatic heterocycles. The number of aromatic nitrogens is 1. The van der Waals surface area contributed by atoms with Crippen molar-refractivity contribution in [1.29, 1.82) is 0 Å². The summed E-state index contributed by atoms with van der Waals surface area (Å²) >= 11 is 0. The maximum absolute atomic E-state index is 12.6. The minimum atomic E-state index is -4.87. The molecule has 20 heavy (non-hydrogen) atoms. The summed E-state index contributed by atoms with van der Waals surface area (Å²) in [6.07, 6.45) is -2.90. The van der Waals surface area contributed by atoms with Crippen molar-refractivity contribution in [2.75, 3.05) is 5.32 Å². The van der Waals surface area contributed by atoms with Gasteiger partial charge in [-0.05, 0) is 19.4 Å². The molecular weight excluding hydrogens is 275 g/mol. The molecular formula is C12H16F3N3O2. The number of pyridine rings is 1. The highest BCUT2D eigenvalue weighted by Crippen LogP contribution is 2.28. The smallest absolute Gasteiger partial charge is 0.323 e. The van der Waals surface area contributed by atoms with E-state index < -0.39 is 17.6 Å². The van der Waals surface area contributed by atoms with E-state index in [-0.39, 0.29) is 11.2 Å². The Labute approximate surface area is 113 Å². The van der Waals surface area contributed by atoms with Gasteiger partial charge in [-0.15, -0.1) is 0 Å². The topological polar surface area (TPSA) is 77.1 Å².